The molecule has 5 rings (SSSR count). The minimum absolute atomic E-state index is 0. The smallest absolute Gasteiger partial charge is 1.00 e. The predicted molar refractivity (Wildman–Crippen MR) is 175 cm³/mol. The summed E-state index contributed by atoms with van der Waals surface area (Å²) in [4.78, 5) is 0. The Bertz CT molecular complexity index is 1450. The van der Waals surface area contributed by atoms with Gasteiger partial charge in [-0.25, -0.2) is 5.57 Å². The molecule has 0 aliphatic heterocycles. The monoisotopic (exact) mass is 676 g/mol. The number of hydrogen-bond donors (Lipinski definition) is 0. The van der Waals surface area contributed by atoms with Crippen LogP contribution in [-0.4, -0.2) is 3.21 Å². The fourth-order valence-electron chi connectivity index (χ4n) is 5.13. The third-order valence-electron chi connectivity index (χ3n) is 7.57. The van der Waals surface area contributed by atoms with E-state index in [0.29, 0.717) is 11.8 Å². The molecule has 0 fully saturated rings. The first-order valence-electron chi connectivity index (χ1n) is 14.6. The number of halogens is 2. The van der Waals surface area contributed by atoms with Gasteiger partial charge >= 0.3 is 70.3 Å². The molecule has 1 aliphatic carbocycles. The molecule has 4 aromatic rings. The number of benzene rings is 3. The van der Waals surface area contributed by atoms with E-state index >= 15 is 0 Å². The van der Waals surface area contributed by atoms with Crippen LogP contribution >= 0.6 is 0 Å². The van der Waals surface area contributed by atoms with Gasteiger partial charge in [0.2, 0.25) is 0 Å². The SMILES string of the molecule is CC(C)(C)c1ccc2c(c1)[cH-]c1cc(C(C)(C)C)ccc12.CC1=[C-]C(C)C=C1C(C)C.C[C](=[Zr+2])c1ccccc1.[Cl-].[Cl-]. The van der Waals surface area contributed by atoms with Gasteiger partial charge in [-0.1, -0.05) is 116 Å². The first-order chi connectivity index (χ1) is 18.6. The molecule has 0 radical (unpaired) electrons. The maximum absolute atomic E-state index is 3.37. The molecule has 4 aromatic carbocycles. The van der Waals surface area contributed by atoms with Crippen LogP contribution in [0.4, 0.5) is 0 Å². The number of fused-ring (bicyclic) bond motifs is 3. The molecule has 3 heteroatoms. The van der Waals surface area contributed by atoms with Gasteiger partial charge in [0.25, 0.3) is 0 Å². The summed E-state index contributed by atoms with van der Waals surface area (Å²) in [5.41, 5.74) is 7.41. The molecule has 1 aliphatic rings. The Kier molecular flexibility index (Phi) is 14.5. The van der Waals surface area contributed by atoms with E-state index in [1.54, 1.807) is 0 Å². The van der Waals surface area contributed by atoms with Gasteiger partial charge in [-0.3, -0.25) is 6.08 Å². The summed E-state index contributed by atoms with van der Waals surface area (Å²) in [5, 5.41) is 5.48. The van der Waals surface area contributed by atoms with Crippen LogP contribution in [0.3, 0.4) is 0 Å². The van der Waals surface area contributed by atoms with E-state index in [-0.39, 0.29) is 35.6 Å². The van der Waals surface area contributed by atoms with Crippen LogP contribution in [0.5, 0.6) is 0 Å². The van der Waals surface area contributed by atoms with Gasteiger partial charge in [-0.05, 0) is 10.8 Å². The first-order valence-corrected chi connectivity index (χ1v) is 15.9. The molecular formula is C39H48Cl2Zr-2. The Labute approximate surface area is 283 Å². The summed E-state index contributed by atoms with van der Waals surface area (Å²) < 4.78 is 1.46. The van der Waals surface area contributed by atoms with Crippen molar-refractivity contribution in [1.29, 1.82) is 0 Å². The maximum Gasteiger partial charge on any atom is -1.00 e. The molecule has 0 heterocycles. The summed E-state index contributed by atoms with van der Waals surface area (Å²) >= 11 is 1.51. The van der Waals surface area contributed by atoms with Crippen molar-refractivity contribution < 1.29 is 49.0 Å². The van der Waals surface area contributed by atoms with Crippen LogP contribution in [0, 0.1) is 17.9 Å². The van der Waals surface area contributed by atoms with Crippen LogP contribution in [-0.2, 0) is 35.1 Å². The number of rotatable bonds is 2. The van der Waals surface area contributed by atoms with Crippen molar-refractivity contribution in [3.05, 3.63) is 113 Å². The number of hydrogen-bond acceptors (Lipinski definition) is 0. The van der Waals surface area contributed by atoms with Gasteiger partial charge in [0.15, 0.2) is 0 Å². The van der Waals surface area contributed by atoms with Crippen LogP contribution in [0.15, 0.2) is 90.0 Å². The summed E-state index contributed by atoms with van der Waals surface area (Å²) in [6.45, 7) is 24.6. The first kappa shape index (κ1) is 38.4. The van der Waals surface area contributed by atoms with Crippen LogP contribution in [0.1, 0.15) is 92.9 Å². The minimum atomic E-state index is 0. The van der Waals surface area contributed by atoms with Gasteiger partial charge < -0.3 is 24.8 Å². The zero-order chi connectivity index (χ0) is 29.8. The molecular weight excluding hydrogens is 631 g/mol. The molecule has 0 saturated heterocycles. The van der Waals surface area contributed by atoms with Gasteiger partial charge in [0, 0.05) is 0 Å². The van der Waals surface area contributed by atoms with Crippen LogP contribution < -0.4 is 24.8 Å². The van der Waals surface area contributed by atoms with Crippen molar-refractivity contribution in [1.82, 2.24) is 0 Å². The third kappa shape index (κ3) is 10.2. The molecule has 1 atom stereocenters. The molecule has 0 spiro atoms. The standard InChI is InChI=1S/C21H25.C10H15.C8H8.2ClH.Zr/c1-20(2,3)16-7-9-18-14(12-16)11-15-13-17(21(4,5)6)8-10-19(15)18;1-7(2)10-6-8(3)5-9(10)4;1-2-8-6-4-3-5-7-8;;;/h7-13H,1-6H3;6-8H,1-4H3;3-7H,1H3;2*1H;/q2*-1;;;;+2/p-2. The van der Waals surface area contributed by atoms with Crippen molar-refractivity contribution in [2.75, 3.05) is 0 Å². The van der Waals surface area contributed by atoms with Gasteiger partial charge in [0.05, 0.1) is 0 Å². The van der Waals surface area contributed by atoms with Gasteiger partial charge in [-0.15, -0.1) is 39.7 Å². The van der Waals surface area contributed by atoms with E-state index in [1.165, 1.54) is 76.8 Å². The second-order valence-corrected chi connectivity index (χ2v) is 15.4. The predicted octanol–water partition coefficient (Wildman–Crippen LogP) is 5.06. The number of allylic oxidation sites excluding steroid dienone is 4. The molecule has 0 amide bonds. The zero-order valence-electron chi connectivity index (χ0n) is 27.4. The third-order valence-corrected chi connectivity index (χ3v) is 8.28. The Morgan fingerprint density at radius 2 is 1.24 bits per heavy atom. The molecule has 0 nitrogen and oxygen atoms in total. The Morgan fingerprint density at radius 1 is 0.786 bits per heavy atom. The fourth-order valence-corrected chi connectivity index (χ4v) is 5.54. The zero-order valence-corrected chi connectivity index (χ0v) is 31.4. The summed E-state index contributed by atoms with van der Waals surface area (Å²) in [7, 11) is 0. The van der Waals surface area contributed by atoms with Crippen LogP contribution in [0.25, 0.3) is 21.5 Å². The second kappa shape index (κ2) is 15.9. The van der Waals surface area contributed by atoms with Crippen molar-refractivity contribution in [2.24, 2.45) is 11.8 Å². The maximum atomic E-state index is 3.37. The molecule has 42 heavy (non-hydrogen) atoms. The molecule has 0 N–H and O–H groups in total. The normalized spacial score (nSPS) is 14.6. The quantitative estimate of drug-likeness (QED) is 0.261. The summed E-state index contributed by atoms with van der Waals surface area (Å²) in [5.74, 6) is 1.20. The molecule has 0 saturated carbocycles. The van der Waals surface area contributed by atoms with Crippen molar-refractivity contribution in [2.45, 2.75) is 87.0 Å². The molecule has 0 aromatic heterocycles. The average molecular weight is 679 g/mol. The van der Waals surface area contributed by atoms with Crippen LogP contribution in [0.2, 0.25) is 0 Å². The Morgan fingerprint density at radius 3 is 1.52 bits per heavy atom. The minimum Gasteiger partial charge on any atom is -1.00 e. The van der Waals surface area contributed by atoms with E-state index in [1.807, 2.05) is 6.07 Å². The van der Waals surface area contributed by atoms with E-state index in [0.717, 1.165) is 0 Å². The second-order valence-electron chi connectivity index (χ2n) is 13.6. The van der Waals surface area contributed by atoms with E-state index in [4.69, 9.17) is 0 Å². The van der Waals surface area contributed by atoms with Gasteiger partial charge in [0.1, 0.15) is 0 Å². The average Bonchev–Trinajstić information content (AvgIpc) is 3.42. The van der Waals surface area contributed by atoms with Crippen molar-refractivity contribution >= 4 is 24.8 Å². The van der Waals surface area contributed by atoms with Gasteiger partial charge in [-0.2, -0.15) is 11.6 Å². The Hall–Kier alpha value is -1.66. The van der Waals surface area contributed by atoms with E-state index in [2.05, 4.69) is 155 Å². The van der Waals surface area contributed by atoms with E-state index < -0.39 is 0 Å². The Balaban J connectivity index is 0.000000353. The fraction of sp³-hybridized carbons (Fsp3) is 0.385. The van der Waals surface area contributed by atoms with Crippen molar-refractivity contribution in [3.63, 3.8) is 0 Å². The summed E-state index contributed by atoms with van der Waals surface area (Å²) in [6.07, 6.45) is 5.68. The molecule has 1 unspecified atom stereocenters. The van der Waals surface area contributed by atoms with Crippen molar-refractivity contribution in [3.8, 4) is 0 Å². The largest absolute Gasteiger partial charge is 1.00 e. The molecule has 0 bridgehead atoms. The summed E-state index contributed by atoms with van der Waals surface area (Å²) in [6, 6.07) is 26.7. The topological polar surface area (TPSA) is 0 Å². The molecule has 224 valence electrons. The van der Waals surface area contributed by atoms with E-state index in [9.17, 15) is 0 Å².